The average Bonchev–Trinajstić information content (AvgIpc) is 2.24. The van der Waals surface area contributed by atoms with Crippen LogP contribution in [0.4, 0.5) is 0 Å². The molecule has 0 spiro atoms. The van der Waals surface area contributed by atoms with E-state index in [1.807, 2.05) is 20.8 Å². The van der Waals surface area contributed by atoms with Crippen molar-refractivity contribution in [1.29, 1.82) is 0 Å². The van der Waals surface area contributed by atoms with Gasteiger partial charge in [-0.2, -0.15) is 0 Å². The van der Waals surface area contributed by atoms with Gasteiger partial charge in [0.1, 0.15) is 6.04 Å². The topological polar surface area (TPSA) is 84.2 Å². The highest BCUT2D eigenvalue weighted by Gasteiger charge is 2.18. The normalized spacial score (nSPS) is 14.4. The van der Waals surface area contributed by atoms with E-state index in [2.05, 4.69) is 10.6 Å². The molecule has 0 aromatic heterocycles. The first-order valence-electron chi connectivity index (χ1n) is 5.72. The van der Waals surface area contributed by atoms with Crippen molar-refractivity contribution in [2.75, 3.05) is 6.54 Å². The van der Waals surface area contributed by atoms with Crippen molar-refractivity contribution in [2.45, 2.75) is 46.2 Å². The van der Waals surface area contributed by atoms with Gasteiger partial charge < -0.3 is 16.4 Å². The van der Waals surface area contributed by atoms with Crippen LogP contribution in [0, 0.1) is 5.92 Å². The van der Waals surface area contributed by atoms with Gasteiger partial charge in [-0.15, -0.1) is 0 Å². The minimum atomic E-state index is -0.541. The molecule has 2 amide bonds. The second-order valence-electron chi connectivity index (χ2n) is 4.38. The van der Waals surface area contributed by atoms with Crippen LogP contribution in [0.3, 0.4) is 0 Å². The summed E-state index contributed by atoms with van der Waals surface area (Å²) in [4.78, 5) is 22.9. The molecule has 4 N–H and O–H groups in total. The van der Waals surface area contributed by atoms with Gasteiger partial charge in [-0.1, -0.05) is 20.8 Å². The number of hydrogen-bond acceptors (Lipinski definition) is 3. The molecule has 0 fully saturated rings. The maximum absolute atomic E-state index is 11.5. The van der Waals surface area contributed by atoms with Crippen LogP contribution in [0.15, 0.2) is 0 Å². The summed E-state index contributed by atoms with van der Waals surface area (Å²) in [7, 11) is 0. The summed E-state index contributed by atoms with van der Waals surface area (Å²) in [6.07, 6.45) is 0.562. The van der Waals surface area contributed by atoms with Gasteiger partial charge in [0.05, 0.1) is 6.04 Å². The van der Waals surface area contributed by atoms with Crippen molar-refractivity contribution < 1.29 is 9.59 Å². The largest absolute Gasteiger partial charge is 0.354 e. The van der Waals surface area contributed by atoms with Gasteiger partial charge in [0.15, 0.2) is 0 Å². The van der Waals surface area contributed by atoms with E-state index >= 15 is 0 Å². The summed E-state index contributed by atoms with van der Waals surface area (Å²) in [6, 6.07) is -1.08. The summed E-state index contributed by atoms with van der Waals surface area (Å²) in [5, 5.41) is 5.33. The van der Waals surface area contributed by atoms with E-state index in [0.717, 1.165) is 0 Å². The van der Waals surface area contributed by atoms with Gasteiger partial charge in [0, 0.05) is 6.54 Å². The monoisotopic (exact) mass is 229 g/mol. The highest BCUT2D eigenvalue weighted by Crippen LogP contribution is 1.91. The Morgan fingerprint density at radius 3 is 2.19 bits per heavy atom. The van der Waals surface area contributed by atoms with Crippen LogP contribution in [0.5, 0.6) is 0 Å². The zero-order valence-corrected chi connectivity index (χ0v) is 10.5. The number of nitrogens with two attached hydrogens (primary N) is 1. The summed E-state index contributed by atoms with van der Waals surface area (Å²) in [5.74, 6) is -0.0650. The van der Waals surface area contributed by atoms with E-state index in [1.165, 1.54) is 0 Å². The van der Waals surface area contributed by atoms with E-state index in [4.69, 9.17) is 5.73 Å². The summed E-state index contributed by atoms with van der Waals surface area (Å²) in [5.41, 5.74) is 5.54. The number of carbonyl (C=O) groups excluding carboxylic acids is 2. The van der Waals surface area contributed by atoms with E-state index in [-0.39, 0.29) is 11.8 Å². The van der Waals surface area contributed by atoms with Crippen molar-refractivity contribution in [3.8, 4) is 0 Å². The van der Waals surface area contributed by atoms with Crippen LogP contribution in [0.2, 0.25) is 0 Å². The van der Waals surface area contributed by atoms with E-state index in [1.54, 1.807) is 6.92 Å². The van der Waals surface area contributed by atoms with E-state index in [0.29, 0.717) is 18.9 Å². The van der Waals surface area contributed by atoms with Crippen molar-refractivity contribution in [1.82, 2.24) is 10.6 Å². The standard InChI is InChI=1S/C11H23N3O2/c1-5-9(12)11(16)14-8(4)10(15)13-6-7(2)3/h7-9H,5-6,12H2,1-4H3,(H,13,15)(H,14,16)/t8?,9-/m1/s1. The number of carbonyl (C=O) groups is 2. The highest BCUT2D eigenvalue weighted by atomic mass is 16.2. The lowest BCUT2D eigenvalue weighted by atomic mass is 10.2. The smallest absolute Gasteiger partial charge is 0.242 e. The lowest BCUT2D eigenvalue weighted by Crippen LogP contribution is -2.50. The van der Waals surface area contributed by atoms with E-state index in [9.17, 15) is 9.59 Å². The molecular weight excluding hydrogens is 206 g/mol. The molecule has 5 heteroatoms. The SMILES string of the molecule is CC[C@@H](N)C(=O)NC(C)C(=O)NCC(C)C. The van der Waals surface area contributed by atoms with Crippen LogP contribution >= 0.6 is 0 Å². The molecule has 0 aliphatic carbocycles. The Bertz CT molecular complexity index is 241. The molecule has 0 aliphatic rings. The quantitative estimate of drug-likeness (QED) is 0.599. The van der Waals surface area contributed by atoms with Crippen molar-refractivity contribution in [3.05, 3.63) is 0 Å². The molecule has 0 aromatic rings. The lowest BCUT2D eigenvalue weighted by Gasteiger charge is -2.17. The summed E-state index contributed by atoms with van der Waals surface area (Å²) in [6.45, 7) is 8.11. The third kappa shape index (κ3) is 5.70. The van der Waals surface area contributed by atoms with Gasteiger partial charge in [-0.25, -0.2) is 0 Å². The molecule has 5 nitrogen and oxygen atoms in total. The lowest BCUT2D eigenvalue weighted by molar-refractivity contribution is -0.129. The molecule has 0 saturated heterocycles. The Morgan fingerprint density at radius 1 is 1.19 bits per heavy atom. The number of nitrogens with one attached hydrogen (secondary N) is 2. The highest BCUT2D eigenvalue weighted by molar-refractivity contribution is 5.89. The Morgan fingerprint density at radius 2 is 1.75 bits per heavy atom. The zero-order valence-electron chi connectivity index (χ0n) is 10.5. The van der Waals surface area contributed by atoms with Crippen LogP contribution in [-0.2, 0) is 9.59 Å². The van der Waals surface area contributed by atoms with Crippen LogP contribution in [0.1, 0.15) is 34.1 Å². The minimum Gasteiger partial charge on any atom is -0.354 e. The molecule has 0 heterocycles. The average molecular weight is 229 g/mol. The molecule has 0 bridgehead atoms. The van der Waals surface area contributed by atoms with E-state index < -0.39 is 12.1 Å². The van der Waals surface area contributed by atoms with Crippen LogP contribution in [-0.4, -0.2) is 30.4 Å². The fraction of sp³-hybridized carbons (Fsp3) is 0.818. The van der Waals surface area contributed by atoms with Gasteiger partial charge in [0.2, 0.25) is 11.8 Å². The van der Waals surface area contributed by atoms with Gasteiger partial charge in [0.25, 0.3) is 0 Å². The van der Waals surface area contributed by atoms with Crippen molar-refractivity contribution in [3.63, 3.8) is 0 Å². The first kappa shape index (κ1) is 14.9. The van der Waals surface area contributed by atoms with Gasteiger partial charge in [-0.05, 0) is 19.3 Å². The molecule has 1 unspecified atom stereocenters. The molecule has 0 rings (SSSR count). The molecule has 0 saturated carbocycles. The fourth-order valence-corrected chi connectivity index (χ4v) is 1.03. The maximum Gasteiger partial charge on any atom is 0.242 e. The first-order valence-corrected chi connectivity index (χ1v) is 5.72. The second-order valence-corrected chi connectivity index (χ2v) is 4.38. The van der Waals surface area contributed by atoms with Crippen LogP contribution < -0.4 is 16.4 Å². The molecular formula is C11H23N3O2. The molecule has 16 heavy (non-hydrogen) atoms. The number of rotatable bonds is 6. The van der Waals surface area contributed by atoms with Crippen LogP contribution in [0.25, 0.3) is 0 Å². The number of amides is 2. The molecule has 0 radical (unpaired) electrons. The third-order valence-electron chi connectivity index (χ3n) is 2.21. The van der Waals surface area contributed by atoms with Gasteiger partial charge >= 0.3 is 0 Å². The number of hydrogen-bond donors (Lipinski definition) is 3. The summed E-state index contributed by atoms with van der Waals surface area (Å²) >= 11 is 0. The molecule has 94 valence electrons. The predicted molar refractivity (Wildman–Crippen MR) is 63.7 cm³/mol. The minimum absolute atomic E-state index is 0.176. The second kappa shape index (κ2) is 7.22. The Labute approximate surface area is 97.2 Å². The fourth-order valence-electron chi connectivity index (χ4n) is 1.03. The van der Waals surface area contributed by atoms with Crippen molar-refractivity contribution >= 4 is 11.8 Å². The maximum atomic E-state index is 11.5. The Hall–Kier alpha value is -1.10. The zero-order chi connectivity index (χ0) is 12.7. The first-order chi connectivity index (χ1) is 7.38. The third-order valence-corrected chi connectivity index (χ3v) is 2.21. The summed E-state index contributed by atoms with van der Waals surface area (Å²) < 4.78 is 0. The van der Waals surface area contributed by atoms with Gasteiger partial charge in [-0.3, -0.25) is 9.59 Å². The molecule has 2 atom stereocenters. The van der Waals surface area contributed by atoms with Crippen molar-refractivity contribution in [2.24, 2.45) is 11.7 Å². The Kier molecular flexibility index (Phi) is 6.72. The molecule has 0 aromatic carbocycles. The molecule has 0 aliphatic heterocycles. The Balaban J connectivity index is 4.00. The predicted octanol–water partition coefficient (Wildman–Crippen LogP) is 0.000600.